The number of hydrogen-bond acceptors (Lipinski definition) is 4. The number of rotatable bonds is 6. The van der Waals surface area contributed by atoms with Gasteiger partial charge in [-0.3, -0.25) is 9.59 Å². The lowest BCUT2D eigenvalue weighted by molar-refractivity contribution is -0.129. The van der Waals surface area contributed by atoms with Crippen molar-refractivity contribution < 1.29 is 14.7 Å². The van der Waals surface area contributed by atoms with Gasteiger partial charge in [-0.1, -0.05) is 42.5 Å². The van der Waals surface area contributed by atoms with Gasteiger partial charge in [-0.05, 0) is 37.0 Å². The number of fused-ring (bicyclic) bond motifs is 1. The number of nitrogens with zero attached hydrogens (tertiary/aromatic N) is 1. The van der Waals surface area contributed by atoms with Crippen LogP contribution in [0.3, 0.4) is 0 Å². The van der Waals surface area contributed by atoms with Gasteiger partial charge in [-0.15, -0.1) is 0 Å². The van der Waals surface area contributed by atoms with Crippen molar-refractivity contribution in [3.05, 3.63) is 60.2 Å². The molecule has 2 amide bonds. The van der Waals surface area contributed by atoms with Crippen LogP contribution < -0.4 is 15.5 Å². The molecule has 1 fully saturated rings. The molecule has 146 valence electrons. The lowest BCUT2D eigenvalue weighted by Crippen LogP contribution is -2.46. The van der Waals surface area contributed by atoms with E-state index in [1.54, 1.807) is 4.90 Å². The molecule has 28 heavy (non-hydrogen) atoms. The van der Waals surface area contributed by atoms with Crippen LogP contribution in [0.5, 0.6) is 0 Å². The highest BCUT2D eigenvalue weighted by Crippen LogP contribution is 2.31. The summed E-state index contributed by atoms with van der Waals surface area (Å²) in [5.41, 5.74) is 2.49. The fourth-order valence-corrected chi connectivity index (χ4v) is 3.59. The molecular formula is C22H25N3O3. The second-order valence-corrected chi connectivity index (χ2v) is 7.56. The lowest BCUT2D eigenvalue weighted by Gasteiger charge is -2.34. The molecule has 6 nitrogen and oxygen atoms in total. The number of aliphatic hydroxyl groups is 1. The van der Waals surface area contributed by atoms with Crippen molar-refractivity contribution in [3.63, 3.8) is 0 Å². The van der Waals surface area contributed by atoms with E-state index >= 15 is 0 Å². The van der Waals surface area contributed by atoms with E-state index < -0.39 is 12.1 Å². The zero-order valence-electron chi connectivity index (χ0n) is 15.7. The molecule has 1 saturated carbocycles. The number of amides is 2. The maximum atomic E-state index is 13.1. The van der Waals surface area contributed by atoms with Crippen molar-refractivity contribution in [1.29, 1.82) is 0 Å². The highest BCUT2D eigenvalue weighted by atomic mass is 16.3. The van der Waals surface area contributed by atoms with E-state index in [9.17, 15) is 14.7 Å². The molecule has 0 saturated heterocycles. The van der Waals surface area contributed by atoms with Gasteiger partial charge in [0.25, 0.3) is 0 Å². The van der Waals surface area contributed by atoms with Gasteiger partial charge >= 0.3 is 0 Å². The topological polar surface area (TPSA) is 81.7 Å². The summed E-state index contributed by atoms with van der Waals surface area (Å²) in [6.45, 7) is 0.165. The van der Waals surface area contributed by atoms with Crippen LogP contribution in [-0.4, -0.2) is 35.7 Å². The Kier molecular flexibility index (Phi) is 5.30. The van der Waals surface area contributed by atoms with Gasteiger partial charge in [0.15, 0.2) is 0 Å². The van der Waals surface area contributed by atoms with Crippen LogP contribution in [0.1, 0.15) is 24.8 Å². The normalized spacial score (nSPS) is 19.3. The average molecular weight is 379 g/mol. The molecule has 3 N–H and O–H groups in total. The summed E-state index contributed by atoms with van der Waals surface area (Å²) in [4.78, 5) is 27.5. The number of carbonyl (C=O) groups excluding carboxylic acids is 2. The van der Waals surface area contributed by atoms with Gasteiger partial charge in [0, 0.05) is 12.5 Å². The van der Waals surface area contributed by atoms with Gasteiger partial charge in [0.05, 0.1) is 23.8 Å². The molecule has 0 radical (unpaired) electrons. The molecule has 1 aliphatic heterocycles. The van der Waals surface area contributed by atoms with Crippen LogP contribution >= 0.6 is 0 Å². The largest absolute Gasteiger partial charge is 0.372 e. The van der Waals surface area contributed by atoms with Crippen LogP contribution in [0, 0.1) is 5.92 Å². The minimum absolute atomic E-state index is 0.0660. The van der Waals surface area contributed by atoms with E-state index in [-0.39, 0.29) is 30.8 Å². The third-order valence-corrected chi connectivity index (χ3v) is 5.21. The van der Waals surface area contributed by atoms with Crippen LogP contribution in [0.2, 0.25) is 0 Å². The second-order valence-electron chi connectivity index (χ2n) is 7.56. The lowest BCUT2D eigenvalue weighted by atomic mass is 9.94. The third kappa shape index (κ3) is 4.34. The van der Waals surface area contributed by atoms with E-state index in [0.29, 0.717) is 6.42 Å². The van der Waals surface area contributed by atoms with Crippen molar-refractivity contribution in [2.75, 3.05) is 16.8 Å². The Balaban J connectivity index is 1.52. The first-order valence-corrected chi connectivity index (χ1v) is 9.78. The zero-order valence-corrected chi connectivity index (χ0v) is 15.7. The molecule has 2 aromatic carbocycles. The molecule has 1 aliphatic carbocycles. The van der Waals surface area contributed by atoms with Crippen molar-refractivity contribution in [3.8, 4) is 0 Å². The molecule has 2 atom stereocenters. The molecule has 1 heterocycles. The minimum atomic E-state index is -0.827. The van der Waals surface area contributed by atoms with Crippen LogP contribution in [0.15, 0.2) is 54.6 Å². The van der Waals surface area contributed by atoms with Gasteiger partial charge in [-0.25, -0.2) is 0 Å². The Bertz CT molecular complexity index is 851. The van der Waals surface area contributed by atoms with Crippen molar-refractivity contribution in [2.45, 2.75) is 38.0 Å². The molecular weight excluding hydrogens is 354 g/mol. The summed E-state index contributed by atoms with van der Waals surface area (Å²) < 4.78 is 0. The number of carbonyl (C=O) groups is 2. The number of para-hydroxylation sites is 2. The SMILES string of the molecule is O=C(NC1CC1)[C@H](CC(=O)N1CC(O)Nc2ccccc21)Cc1ccccc1. The van der Waals surface area contributed by atoms with Gasteiger partial charge in [0.1, 0.15) is 6.23 Å². The minimum Gasteiger partial charge on any atom is -0.372 e. The molecule has 2 aromatic rings. The molecule has 2 aliphatic rings. The molecule has 6 heteroatoms. The Morgan fingerprint density at radius 1 is 1.11 bits per heavy atom. The predicted molar refractivity (Wildman–Crippen MR) is 108 cm³/mol. The molecule has 1 unspecified atom stereocenters. The zero-order chi connectivity index (χ0) is 19.5. The Labute approximate surface area is 164 Å². The summed E-state index contributed by atoms with van der Waals surface area (Å²) in [6.07, 6.45) is 1.81. The predicted octanol–water partition coefficient (Wildman–Crippen LogP) is 2.29. The first kappa shape index (κ1) is 18.5. The highest BCUT2D eigenvalue weighted by molar-refractivity contribution is 5.99. The van der Waals surface area contributed by atoms with Crippen molar-refractivity contribution in [2.24, 2.45) is 5.92 Å². The molecule has 0 spiro atoms. The Morgan fingerprint density at radius 3 is 2.57 bits per heavy atom. The number of anilines is 2. The van der Waals surface area contributed by atoms with Crippen LogP contribution in [0.25, 0.3) is 0 Å². The van der Waals surface area contributed by atoms with E-state index in [1.807, 2.05) is 54.6 Å². The van der Waals surface area contributed by atoms with E-state index in [4.69, 9.17) is 0 Å². The van der Waals surface area contributed by atoms with E-state index in [0.717, 1.165) is 29.8 Å². The van der Waals surface area contributed by atoms with Crippen LogP contribution in [0.4, 0.5) is 11.4 Å². The summed E-state index contributed by atoms with van der Waals surface area (Å²) in [7, 11) is 0. The monoisotopic (exact) mass is 379 g/mol. The van der Waals surface area contributed by atoms with Gasteiger partial charge in [-0.2, -0.15) is 0 Å². The second kappa shape index (κ2) is 8.02. The van der Waals surface area contributed by atoms with Crippen molar-refractivity contribution >= 4 is 23.2 Å². The fourth-order valence-electron chi connectivity index (χ4n) is 3.59. The van der Waals surface area contributed by atoms with E-state index in [2.05, 4.69) is 10.6 Å². The van der Waals surface area contributed by atoms with Gasteiger partial charge in [0.2, 0.25) is 11.8 Å². The van der Waals surface area contributed by atoms with Crippen LogP contribution in [-0.2, 0) is 16.0 Å². The summed E-state index contributed by atoms with van der Waals surface area (Å²) >= 11 is 0. The average Bonchev–Trinajstić information content (AvgIpc) is 3.51. The quantitative estimate of drug-likeness (QED) is 0.719. The van der Waals surface area contributed by atoms with E-state index in [1.165, 1.54) is 0 Å². The molecule has 0 bridgehead atoms. The maximum absolute atomic E-state index is 13.1. The maximum Gasteiger partial charge on any atom is 0.228 e. The summed E-state index contributed by atoms with van der Waals surface area (Å²) in [5, 5.41) is 16.1. The number of aliphatic hydroxyl groups excluding tert-OH is 1. The first-order chi connectivity index (χ1) is 13.6. The van der Waals surface area contributed by atoms with Gasteiger partial charge < -0.3 is 20.6 Å². The molecule has 0 aromatic heterocycles. The van der Waals surface area contributed by atoms with Crippen molar-refractivity contribution in [1.82, 2.24) is 5.32 Å². The summed E-state index contributed by atoms with van der Waals surface area (Å²) in [5.74, 6) is -0.654. The summed E-state index contributed by atoms with van der Waals surface area (Å²) in [6, 6.07) is 17.4. The fraction of sp³-hybridized carbons (Fsp3) is 0.364. The highest BCUT2D eigenvalue weighted by Gasteiger charge is 2.32. The number of β-amino-alcohol motifs (C(OH)–C–C–N with tert-alkyl or cyclic N) is 1. The number of hydrogen-bond donors (Lipinski definition) is 3. The third-order valence-electron chi connectivity index (χ3n) is 5.21. The number of nitrogens with one attached hydrogen (secondary N) is 2. The molecule has 4 rings (SSSR count). The smallest absolute Gasteiger partial charge is 0.228 e. The Hall–Kier alpha value is -2.86. The Morgan fingerprint density at radius 2 is 1.82 bits per heavy atom. The first-order valence-electron chi connectivity index (χ1n) is 9.78. The standard InChI is InChI=1S/C22H25N3O3/c26-20-14-25(19-9-5-4-8-18(19)24-20)21(27)13-16(22(28)23-17-10-11-17)12-15-6-2-1-3-7-15/h1-9,16-17,20,24,26H,10-14H2,(H,23,28)/t16-,20?/m0/s1. The number of benzene rings is 2.